The van der Waals surface area contributed by atoms with E-state index in [1.807, 2.05) is 51.4 Å². The van der Waals surface area contributed by atoms with Crippen molar-refractivity contribution in [1.29, 1.82) is 0 Å². The van der Waals surface area contributed by atoms with Crippen LogP contribution in [0.15, 0.2) is 30.3 Å². The number of nitrogens with zero attached hydrogens (tertiary/aromatic N) is 5. The Kier molecular flexibility index (Phi) is 5.15. The average molecular weight is 343 g/mol. The lowest BCUT2D eigenvalue weighted by molar-refractivity contribution is 0.0666. The second-order valence-corrected chi connectivity index (χ2v) is 6.81. The highest BCUT2D eigenvalue weighted by Gasteiger charge is 2.37. The molecule has 1 aromatic heterocycles. The number of aliphatic hydroxyl groups is 1. The third-order valence-electron chi connectivity index (χ3n) is 4.95. The zero-order chi connectivity index (χ0) is 18.0. The number of aliphatic hydroxyl groups excluding tert-OH is 1. The van der Waals surface area contributed by atoms with Gasteiger partial charge in [-0.05, 0) is 33.0 Å². The molecule has 0 spiro atoms. The van der Waals surface area contributed by atoms with Crippen LogP contribution in [0, 0.1) is 6.92 Å². The molecule has 7 nitrogen and oxygen atoms in total. The molecule has 2 aromatic rings. The fourth-order valence-corrected chi connectivity index (χ4v) is 3.29. The monoisotopic (exact) mass is 343 g/mol. The quantitative estimate of drug-likeness (QED) is 0.868. The molecule has 0 unspecified atom stereocenters. The van der Waals surface area contributed by atoms with E-state index in [1.165, 1.54) is 0 Å². The first-order valence-corrected chi connectivity index (χ1v) is 8.53. The van der Waals surface area contributed by atoms with Gasteiger partial charge in [0.15, 0.2) is 5.69 Å². The second kappa shape index (κ2) is 7.33. The van der Waals surface area contributed by atoms with Gasteiger partial charge in [0.25, 0.3) is 5.91 Å². The van der Waals surface area contributed by atoms with Crippen LogP contribution in [0.25, 0.3) is 0 Å². The maximum absolute atomic E-state index is 13.0. The number of hydrogen-bond acceptors (Lipinski definition) is 5. The molecule has 1 saturated heterocycles. The van der Waals surface area contributed by atoms with Crippen LogP contribution in [-0.4, -0.2) is 75.1 Å². The number of carbonyl (C=O) groups is 1. The highest BCUT2D eigenvalue weighted by molar-refractivity contribution is 5.93. The Morgan fingerprint density at radius 3 is 2.68 bits per heavy atom. The summed E-state index contributed by atoms with van der Waals surface area (Å²) in [7, 11) is 3.99. The summed E-state index contributed by atoms with van der Waals surface area (Å²) in [5.74, 6) is -0.153. The molecule has 7 heteroatoms. The fraction of sp³-hybridized carbons (Fsp3) is 0.500. The minimum absolute atomic E-state index is 0.0344. The van der Waals surface area contributed by atoms with Crippen molar-refractivity contribution in [2.45, 2.75) is 32.0 Å². The van der Waals surface area contributed by atoms with Crippen LogP contribution in [0.4, 0.5) is 0 Å². The van der Waals surface area contributed by atoms with Crippen LogP contribution in [0.3, 0.4) is 0 Å². The van der Waals surface area contributed by atoms with Crippen molar-refractivity contribution >= 4 is 5.91 Å². The number of likely N-dealkylation sites (N-methyl/N-ethyl adjacent to an activating group) is 1. The molecule has 0 radical (unpaired) electrons. The number of hydrogen-bond donors (Lipinski definition) is 1. The topological polar surface area (TPSA) is 74.5 Å². The molecule has 0 aliphatic carbocycles. The van der Waals surface area contributed by atoms with Crippen LogP contribution in [0.5, 0.6) is 0 Å². The van der Waals surface area contributed by atoms with E-state index >= 15 is 0 Å². The van der Waals surface area contributed by atoms with E-state index < -0.39 is 0 Å². The second-order valence-electron chi connectivity index (χ2n) is 6.81. The van der Waals surface area contributed by atoms with Crippen LogP contribution >= 0.6 is 0 Å². The Bertz CT molecular complexity index is 728. The average Bonchev–Trinajstić information content (AvgIpc) is 3.20. The fourth-order valence-electron chi connectivity index (χ4n) is 3.29. The van der Waals surface area contributed by atoms with Crippen LogP contribution < -0.4 is 0 Å². The van der Waals surface area contributed by atoms with Gasteiger partial charge in [0, 0.05) is 12.6 Å². The Labute approximate surface area is 147 Å². The summed E-state index contributed by atoms with van der Waals surface area (Å²) in [5.41, 5.74) is 2.23. The Balaban J connectivity index is 1.79. The Hall–Kier alpha value is -2.25. The molecule has 1 aliphatic rings. The van der Waals surface area contributed by atoms with Crippen molar-refractivity contribution in [3.63, 3.8) is 0 Å². The summed E-state index contributed by atoms with van der Waals surface area (Å²) < 4.78 is 1.75. The zero-order valence-electron chi connectivity index (χ0n) is 15.0. The summed E-state index contributed by atoms with van der Waals surface area (Å²) in [5, 5.41) is 17.9. The highest BCUT2D eigenvalue weighted by Crippen LogP contribution is 2.23. The van der Waals surface area contributed by atoms with Gasteiger partial charge >= 0.3 is 0 Å². The standard InChI is InChI=1S/C18H25N5O2/c1-13-17(19-20-23(13)10-14-7-5-4-6-8-14)18(25)22-11-15(21(2)3)9-16(22)12-24/h4-8,15-16,24H,9-12H2,1-3H3/t15-,16+/m1/s1. The normalized spacial score (nSPS) is 20.4. The van der Waals surface area contributed by atoms with Gasteiger partial charge in [-0.25, -0.2) is 4.68 Å². The third-order valence-corrected chi connectivity index (χ3v) is 4.95. The molecule has 0 saturated carbocycles. The van der Waals surface area contributed by atoms with Gasteiger partial charge in [0.05, 0.1) is 24.9 Å². The molecule has 1 aliphatic heterocycles. The van der Waals surface area contributed by atoms with Crippen LogP contribution in [0.1, 0.15) is 28.2 Å². The number of rotatable bonds is 5. The lowest BCUT2D eigenvalue weighted by Crippen LogP contribution is -2.39. The van der Waals surface area contributed by atoms with Gasteiger partial charge in [0.2, 0.25) is 0 Å². The molecule has 1 N–H and O–H groups in total. The molecule has 1 fully saturated rings. The number of amides is 1. The van der Waals surface area contributed by atoms with Crippen molar-refractivity contribution in [3.8, 4) is 0 Å². The Morgan fingerprint density at radius 1 is 1.32 bits per heavy atom. The van der Waals surface area contributed by atoms with Crippen molar-refractivity contribution in [2.75, 3.05) is 27.2 Å². The van der Waals surface area contributed by atoms with Gasteiger partial charge in [-0.15, -0.1) is 5.10 Å². The van der Waals surface area contributed by atoms with E-state index in [-0.39, 0.29) is 24.6 Å². The molecular formula is C18H25N5O2. The lowest BCUT2D eigenvalue weighted by Gasteiger charge is -2.22. The van der Waals surface area contributed by atoms with Crippen LogP contribution in [0.2, 0.25) is 0 Å². The molecule has 1 aromatic carbocycles. The third kappa shape index (κ3) is 3.57. The van der Waals surface area contributed by atoms with E-state index in [0.717, 1.165) is 17.7 Å². The predicted octanol–water partition coefficient (Wildman–Crippen LogP) is 0.772. The number of benzene rings is 1. The van der Waals surface area contributed by atoms with E-state index in [9.17, 15) is 9.90 Å². The van der Waals surface area contributed by atoms with E-state index in [4.69, 9.17) is 0 Å². The molecule has 1 amide bonds. The summed E-state index contributed by atoms with van der Waals surface area (Å²) in [6, 6.07) is 10.0. The lowest BCUT2D eigenvalue weighted by atomic mass is 10.1. The first kappa shape index (κ1) is 17.6. The van der Waals surface area contributed by atoms with E-state index in [2.05, 4.69) is 15.2 Å². The number of aromatic nitrogens is 3. The maximum Gasteiger partial charge on any atom is 0.276 e. The van der Waals surface area contributed by atoms with Gasteiger partial charge in [0.1, 0.15) is 0 Å². The maximum atomic E-state index is 13.0. The Morgan fingerprint density at radius 2 is 2.04 bits per heavy atom. The van der Waals surface area contributed by atoms with E-state index in [1.54, 1.807) is 9.58 Å². The number of carbonyl (C=O) groups excluding carboxylic acids is 1. The van der Waals surface area contributed by atoms with Gasteiger partial charge < -0.3 is 14.9 Å². The summed E-state index contributed by atoms with van der Waals surface area (Å²) in [4.78, 5) is 16.8. The highest BCUT2D eigenvalue weighted by atomic mass is 16.3. The first-order valence-electron chi connectivity index (χ1n) is 8.53. The van der Waals surface area contributed by atoms with Gasteiger partial charge in [-0.2, -0.15) is 0 Å². The van der Waals surface area contributed by atoms with Gasteiger partial charge in [-0.3, -0.25) is 4.79 Å². The van der Waals surface area contributed by atoms with E-state index in [0.29, 0.717) is 18.8 Å². The summed E-state index contributed by atoms with van der Waals surface area (Å²) >= 11 is 0. The zero-order valence-corrected chi connectivity index (χ0v) is 15.0. The van der Waals surface area contributed by atoms with Crippen molar-refractivity contribution in [3.05, 3.63) is 47.3 Å². The predicted molar refractivity (Wildman–Crippen MR) is 94.3 cm³/mol. The minimum atomic E-state index is -0.168. The number of likely N-dealkylation sites (tertiary alicyclic amines) is 1. The molecule has 134 valence electrons. The SMILES string of the molecule is Cc1c(C(=O)N2C[C@H](N(C)C)C[C@H]2CO)nnn1Cc1ccccc1. The molecule has 0 bridgehead atoms. The first-order chi connectivity index (χ1) is 12.0. The van der Waals surface area contributed by atoms with Gasteiger partial charge in [-0.1, -0.05) is 35.5 Å². The molecule has 2 heterocycles. The molecule has 25 heavy (non-hydrogen) atoms. The van der Waals surface area contributed by atoms with Crippen LogP contribution in [-0.2, 0) is 6.54 Å². The summed E-state index contributed by atoms with van der Waals surface area (Å²) in [6.45, 7) is 3.01. The van der Waals surface area contributed by atoms with Crippen molar-refractivity contribution < 1.29 is 9.90 Å². The summed E-state index contributed by atoms with van der Waals surface area (Å²) in [6.07, 6.45) is 0.770. The minimum Gasteiger partial charge on any atom is -0.394 e. The molecule has 3 rings (SSSR count). The van der Waals surface area contributed by atoms with Crippen molar-refractivity contribution in [2.24, 2.45) is 0 Å². The van der Waals surface area contributed by atoms with Crippen molar-refractivity contribution in [1.82, 2.24) is 24.8 Å². The molecule has 2 atom stereocenters. The molecular weight excluding hydrogens is 318 g/mol. The smallest absolute Gasteiger partial charge is 0.276 e. The largest absolute Gasteiger partial charge is 0.394 e.